The van der Waals surface area contributed by atoms with E-state index in [1.807, 2.05) is 0 Å². The van der Waals surface area contributed by atoms with E-state index < -0.39 is 6.43 Å². The molecule has 0 aliphatic rings. The second-order valence-electron chi connectivity index (χ2n) is 3.91. The molecule has 0 atom stereocenters. The monoisotopic (exact) mass is 275 g/mol. The lowest BCUT2D eigenvalue weighted by atomic mass is 10.1. The Morgan fingerprint density at radius 3 is 2.50 bits per heavy atom. The van der Waals surface area contributed by atoms with Crippen LogP contribution in [0.3, 0.4) is 0 Å². The van der Waals surface area contributed by atoms with Crippen molar-refractivity contribution in [3.8, 4) is 0 Å². The smallest absolute Gasteiger partial charge is 0.263 e. The molecule has 1 aromatic carbocycles. The van der Waals surface area contributed by atoms with Crippen molar-refractivity contribution < 1.29 is 13.9 Å². The van der Waals surface area contributed by atoms with E-state index in [1.54, 1.807) is 23.9 Å². The highest BCUT2D eigenvalue weighted by Gasteiger charge is 2.05. The molecular weight excluding hydrogens is 256 g/mol. The number of halogens is 2. The van der Waals surface area contributed by atoms with Crippen LogP contribution in [0.25, 0.3) is 0 Å². The maximum absolute atomic E-state index is 12.3. The first kappa shape index (κ1) is 15.4. The average molecular weight is 275 g/mol. The number of hydrogen-bond acceptors (Lipinski definition) is 3. The Balaban J connectivity index is 2.12. The van der Waals surface area contributed by atoms with Gasteiger partial charge in [0.2, 0.25) is 0 Å². The van der Waals surface area contributed by atoms with Gasteiger partial charge in [-0.2, -0.15) is 11.8 Å². The summed E-state index contributed by atoms with van der Waals surface area (Å²) in [5.74, 6) is 1.97. The number of hydrogen-bond donors (Lipinski definition) is 2. The molecule has 2 N–H and O–H groups in total. The molecule has 2 nitrogen and oxygen atoms in total. The van der Waals surface area contributed by atoms with E-state index in [9.17, 15) is 8.78 Å². The molecule has 102 valence electrons. The molecule has 0 heterocycles. The lowest BCUT2D eigenvalue weighted by Gasteiger charge is -2.06. The largest absolute Gasteiger partial charge is 0.396 e. The fourth-order valence-corrected chi connectivity index (χ4v) is 2.25. The van der Waals surface area contributed by atoms with Crippen molar-refractivity contribution in [2.45, 2.75) is 19.4 Å². The summed E-state index contributed by atoms with van der Waals surface area (Å²) in [6, 6.07) is 6.40. The highest BCUT2D eigenvalue weighted by Crippen LogP contribution is 2.18. The van der Waals surface area contributed by atoms with Crippen molar-refractivity contribution in [2.24, 2.45) is 0 Å². The lowest BCUT2D eigenvalue weighted by molar-refractivity contribution is 0.151. The molecule has 0 saturated carbocycles. The van der Waals surface area contributed by atoms with Gasteiger partial charge in [0.1, 0.15) is 0 Å². The summed E-state index contributed by atoms with van der Waals surface area (Å²) in [5.41, 5.74) is 1.08. The normalized spacial score (nSPS) is 11.1. The first-order chi connectivity index (χ1) is 8.74. The molecule has 1 rings (SSSR count). The van der Waals surface area contributed by atoms with E-state index >= 15 is 0 Å². The summed E-state index contributed by atoms with van der Waals surface area (Å²) in [6.07, 6.45) is -1.56. The van der Waals surface area contributed by atoms with E-state index in [-0.39, 0.29) is 12.2 Å². The third-order valence-electron chi connectivity index (χ3n) is 2.43. The second kappa shape index (κ2) is 9.30. The summed E-state index contributed by atoms with van der Waals surface area (Å²) in [7, 11) is 0. The van der Waals surface area contributed by atoms with Gasteiger partial charge in [-0.15, -0.1) is 0 Å². The van der Waals surface area contributed by atoms with Gasteiger partial charge in [0.25, 0.3) is 6.43 Å². The third-order valence-corrected chi connectivity index (χ3v) is 3.50. The number of aliphatic hydroxyl groups excluding tert-OH is 1. The number of thioether (sulfide) groups is 1. The quantitative estimate of drug-likeness (QED) is 0.680. The van der Waals surface area contributed by atoms with Crippen LogP contribution in [0.4, 0.5) is 8.78 Å². The number of aliphatic hydroxyl groups is 1. The fourth-order valence-electron chi connectivity index (χ4n) is 1.43. The Morgan fingerprint density at radius 2 is 1.89 bits per heavy atom. The van der Waals surface area contributed by atoms with Gasteiger partial charge in [-0.3, -0.25) is 0 Å². The lowest BCUT2D eigenvalue weighted by Crippen LogP contribution is -2.16. The van der Waals surface area contributed by atoms with Gasteiger partial charge in [0, 0.05) is 31.0 Å². The Labute approximate surface area is 111 Å². The van der Waals surface area contributed by atoms with Gasteiger partial charge >= 0.3 is 0 Å². The standard InChI is InChI=1S/C13H19F2NOS/c14-13(15)12-4-2-11(3-5-12)10-16-6-9-18-8-1-7-17/h2-5,13,16-17H,1,6-10H2. The first-order valence-electron chi connectivity index (χ1n) is 6.00. The second-order valence-corrected chi connectivity index (χ2v) is 5.13. The van der Waals surface area contributed by atoms with Crippen LogP contribution in [0.15, 0.2) is 24.3 Å². The Morgan fingerprint density at radius 1 is 1.17 bits per heavy atom. The number of benzene rings is 1. The van der Waals surface area contributed by atoms with Crippen LogP contribution >= 0.6 is 11.8 Å². The molecule has 5 heteroatoms. The van der Waals surface area contributed by atoms with Crippen LogP contribution in [0, 0.1) is 0 Å². The summed E-state index contributed by atoms with van der Waals surface area (Å²) in [6.45, 7) is 1.83. The Hall–Kier alpha value is -0.650. The maximum Gasteiger partial charge on any atom is 0.263 e. The Bertz CT molecular complexity index is 319. The molecular formula is C13H19F2NOS. The zero-order valence-corrected chi connectivity index (χ0v) is 11.1. The minimum atomic E-state index is -2.39. The van der Waals surface area contributed by atoms with Gasteiger partial charge < -0.3 is 10.4 Å². The van der Waals surface area contributed by atoms with Gasteiger partial charge in [0.05, 0.1) is 0 Å². The molecule has 0 fully saturated rings. The molecule has 0 saturated heterocycles. The van der Waals surface area contributed by atoms with Crippen LogP contribution in [0.5, 0.6) is 0 Å². The van der Waals surface area contributed by atoms with E-state index in [0.29, 0.717) is 6.54 Å². The molecule has 0 bridgehead atoms. The van der Waals surface area contributed by atoms with E-state index in [0.717, 1.165) is 30.0 Å². The number of alkyl halides is 2. The third kappa shape index (κ3) is 6.33. The van der Waals surface area contributed by atoms with Crippen LogP contribution in [0.2, 0.25) is 0 Å². The number of nitrogens with one attached hydrogen (secondary N) is 1. The van der Waals surface area contributed by atoms with Crippen molar-refractivity contribution >= 4 is 11.8 Å². The van der Waals surface area contributed by atoms with Crippen molar-refractivity contribution in [2.75, 3.05) is 24.7 Å². The van der Waals surface area contributed by atoms with Gasteiger partial charge in [-0.05, 0) is 17.7 Å². The van der Waals surface area contributed by atoms with Gasteiger partial charge in [-0.25, -0.2) is 8.78 Å². The van der Waals surface area contributed by atoms with Crippen molar-refractivity contribution in [1.29, 1.82) is 0 Å². The van der Waals surface area contributed by atoms with Crippen LogP contribution in [0.1, 0.15) is 24.0 Å². The highest BCUT2D eigenvalue weighted by atomic mass is 32.2. The molecule has 0 amide bonds. The minimum Gasteiger partial charge on any atom is -0.396 e. The summed E-state index contributed by atoms with van der Waals surface area (Å²) in [5, 5.41) is 11.9. The molecule has 0 aliphatic carbocycles. The van der Waals surface area contributed by atoms with Crippen molar-refractivity contribution in [3.05, 3.63) is 35.4 Å². The van der Waals surface area contributed by atoms with Crippen LogP contribution in [-0.4, -0.2) is 29.8 Å². The van der Waals surface area contributed by atoms with E-state index in [4.69, 9.17) is 5.11 Å². The van der Waals surface area contributed by atoms with Crippen molar-refractivity contribution in [1.82, 2.24) is 5.32 Å². The zero-order chi connectivity index (χ0) is 13.2. The van der Waals surface area contributed by atoms with Crippen molar-refractivity contribution in [3.63, 3.8) is 0 Å². The first-order valence-corrected chi connectivity index (χ1v) is 7.16. The average Bonchev–Trinajstić information content (AvgIpc) is 2.38. The Kier molecular flexibility index (Phi) is 7.96. The van der Waals surface area contributed by atoms with Gasteiger partial charge in [-0.1, -0.05) is 24.3 Å². The fraction of sp³-hybridized carbons (Fsp3) is 0.538. The SMILES string of the molecule is OCCCSCCNCc1ccc(C(F)F)cc1. The zero-order valence-electron chi connectivity index (χ0n) is 10.2. The topological polar surface area (TPSA) is 32.3 Å². The van der Waals surface area contributed by atoms with E-state index in [1.165, 1.54) is 12.1 Å². The molecule has 0 radical (unpaired) electrons. The minimum absolute atomic E-state index is 0.0679. The predicted molar refractivity (Wildman–Crippen MR) is 72.1 cm³/mol. The number of rotatable bonds is 9. The van der Waals surface area contributed by atoms with E-state index in [2.05, 4.69) is 5.32 Å². The molecule has 0 aliphatic heterocycles. The highest BCUT2D eigenvalue weighted by molar-refractivity contribution is 7.99. The molecule has 0 aromatic heterocycles. The van der Waals surface area contributed by atoms with Crippen LogP contribution < -0.4 is 5.32 Å². The van der Waals surface area contributed by atoms with Gasteiger partial charge in [0.15, 0.2) is 0 Å². The molecule has 0 unspecified atom stereocenters. The molecule has 1 aromatic rings. The molecule has 18 heavy (non-hydrogen) atoms. The predicted octanol–water partition coefficient (Wildman–Crippen LogP) is 2.83. The summed E-state index contributed by atoms with van der Waals surface area (Å²) < 4.78 is 24.6. The molecule has 0 spiro atoms. The van der Waals surface area contributed by atoms with Crippen LogP contribution in [-0.2, 0) is 6.54 Å². The maximum atomic E-state index is 12.3. The summed E-state index contributed by atoms with van der Waals surface area (Å²) in [4.78, 5) is 0. The summed E-state index contributed by atoms with van der Waals surface area (Å²) >= 11 is 1.80.